The van der Waals surface area contributed by atoms with Crippen LogP contribution in [-0.2, 0) is 17.6 Å². The van der Waals surface area contributed by atoms with Gasteiger partial charge in [-0.15, -0.1) is 0 Å². The summed E-state index contributed by atoms with van der Waals surface area (Å²) in [6.07, 6.45) is 2.47. The molecule has 0 aliphatic heterocycles. The van der Waals surface area contributed by atoms with Gasteiger partial charge >= 0.3 is 5.69 Å². The van der Waals surface area contributed by atoms with E-state index in [-0.39, 0.29) is 12.3 Å². The van der Waals surface area contributed by atoms with Crippen molar-refractivity contribution < 1.29 is 4.79 Å². The standard InChI is InChI=1S/C24H22N4O3/c29-22(26-15-13-18-10-6-7-14-25-18)21(16-17-8-2-1-3-9-17)28-23(30)19-11-4-5-12-20(19)27-24(28)31/h1-12,14,21H,13,15-16H2,(H,26,29)(H,27,31)/t21-/m0/s1. The first-order chi connectivity index (χ1) is 15.1. The number of nitrogens with one attached hydrogen (secondary N) is 2. The molecule has 0 fully saturated rings. The molecule has 2 N–H and O–H groups in total. The molecule has 4 rings (SSSR count). The Morgan fingerprint density at radius 3 is 2.48 bits per heavy atom. The Morgan fingerprint density at radius 2 is 1.71 bits per heavy atom. The Kier molecular flexibility index (Phi) is 6.03. The second-order valence-electron chi connectivity index (χ2n) is 7.22. The average molecular weight is 414 g/mol. The molecule has 0 bridgehead atoms. The topological polar surface area (TPSA) is 96.8 Å². The predicted molar refractivity (Wildman–Crippen MR) is 119 cm³/mol. The van der Waals surface area contributed by atoms with Crippen molar-refractivity contribution in [2.45, 2.75) is 18.9 Å². The van der Waals surface area contributed by atoms with Crippen LogP contribution in [0.15, 0.2) is 88.6 Å². The molecule has 7 heteroatoms. The molecule has 4 aromatic rings. The molecule has 0 unspecified atom stereocenters. The fourth-order valence-electron chi connectivity index (χ4n) is 3.58. The van der Waals surface area contributed by atoms with Crippen LogP contribution in [0.4, 0.5) is 0 Å². The fourth-order valence-corrected chi connectivity index (χ4v) is 3.58. The van der Waals surface area contributed by atoms with Gasteiger partial charge in [0, 0.05) is 31.3 Å². The highest BCUT2D eigenvalue weighted by Crippen LogP contribution is 2.13. The maximum atomic E-state index is 13.1. The molecule has 0 spiro atoms. The number of H-pyrrole nitrogens is 1. The van der Waals surface area contributed by atoms with Gasteiger partial charge in [-0.1, -0.05) is 48.5 Å². The summed E-state index contributed by atoms with van der Waals surface area (Å²) in [6.45, 7) is 0.349. The molecule has 0 saturated heterocycles. The number of fused-ring (bicyclic) bond motifs is 1. The van der Waals surface area contributed by atoms with Crippen molar-refractivity contribution in [3.8, 4) is 0 Å². The van der Waals surface area contributed by atoms with Crippen LogP contribution in [0.1, 0.15) is 17.3 Å². The molecule has 0 aliphatic carbocycles. The van der Waals surface area contributed by atoms with Crippen LogP contribution >= 0.6 is 0 Å². The lowest BCUT2D eigenvalue weighted by Crippen LogP contribution is -2.45. The third kappa shape index (κ3) is 4.61. The van der Waals surface area contributed by atoms with E-state index in [9.17, 15) is 14.4 Å². The van der Waals surface area contributed by atoms with Crippen LogP contribution in [0.25, 0.3) is 10.9 Å². The molecule has 156 valence electrons. The summed E-state index contributed by atoms with van der Waals surface area (Å²) in [6, 6.07) is 20.7. The summed E-state index contributed by atoms with van der Waals surface area (Å²) in [5.41, 5.74) is 1.06. The van der Waals surface area contributed by atoms with Gasteiger partial charge in [0.2, 0.25) is 5.91 Å². The number of aromatic amines is 1. The number of hydrogen-bond acceptors (Lipinski definition) is 4. The lowest BCUT2D eigenvalue weighted by Gasteiger charge is -2.19. The number of benzene rings is 2. The highest BCUT2D eigenvalue weighted by molar-refractivity contribution is 5.82. The average Bonchev–Trinajstić information content (AvgIpc) is 2.80. The minimum Gasteiger partial charge on any atom is -0.354 e. The van der Waals surface area contributed by atoms with Crippen molar-refractivity contribution in [2.75, 3.05) is 6.54 Å². The summed E-state index contributed by atoms with van der Waals surface area (Å²) in [7, 11) is 0. The van der Waals surface area contributed by atoms with Crippen molar-refractivity contribution in [1.29, 1.82) is 0 Å². The van der Waals surface area contributed by atoms with Crippen LogP contribution in [0.5, 0.6) is 0 Å². The first kappa shape index (κ1) is 20.3. The lowest BCUT2D eigenvalue weighted by atomic mass is 10.0. The molecule has 31 heavy (non-hydrogen) atoms. The minimum atomic E-state index is -0.980. The van der Waals surface area contributed by atoms with E-state index in [4.69, 9.17) is 0 Å². The zero-order valence-electron chi connectivity index (χ0n) is 16.8. The van der Waals surface area contributed by atoms with Gasteiger partial charge < -0.3 is 10.3 Å². The van der Waals surface area contributed by atoms with Gasteiger partial charge in [-0.25, -0.2) is 9.36 Å². The minimum absolute atomic E-state index is 0.220. The number of amides is 1. The number of rotatable bonds is 7. The second-order valence-corrected chi connectivity index (χ2v) is 7.22. The van der Waals surface area contributed by atoms with Crippen molar-refractivity contribution in [3.05, 3.63) is 111 Å². The van der Waals surface area contributed by atoms with Gasteiger partial charge in [0.1, 0.15) is 6.04 Å². The number of carbonyl (C=O) groups excluding carboxylic acids is 1. The highest BCUT2D eigenvalue weighted by Gasteiger charge is 2.25. The molecule has 0 radical (unpaired) electrons. The lowest BCUT2D eigenvalue weighted by molar-refractivity contribution is -0.124. The molecule has 1 atom stereocenters. The third-order valence-electron chi connectivity index (χ3n) is 5.13. The molecule has 2 aromatic carbocycles. The fraction of sp³-hybridized carbons (Fsp3) is 0.167. The Hall–Kier alpha value is -4.00. The number of carbonyl (C=O) groups is 1. The van der Waals surface area contributed by atoms with E-state index in [1.165, 1.54) is 0 Å². The number of hydrogen-bond donors (Lipinski definition) is 2. The Balaban J connectivity index is 1.66. The first-order valence-corrected chi connectivity index (χ1v) is 10.1. The summed E-state index contributed by atoms with van der Waals surface area (Å²) in [5, 5.41) is 3.22. The predicted octanol–water partition coefficient (Wildman–Crippen LogP) is 2.23. The monoisotopic (exact) mass is 414 g/mol. The van der Waals surface area contributed by atoms with Crippen LogP contribution in [0.2, 0.25) is 0 Å². The van der Waals surface area contributed by atoms with Gasteiger partial charge in [0.05, 0.1) is 10.9 Å². The van der Waals surface area contributed by atoms with Gasteiger partial charge in [-0.05, 0) is 29.8 Å². The molecule has 2 heterocycles. The van der Waals surface area contributed by atoms with E-state index in [0.29, 0.717) is 23.9 Å². The molecule has 1 amide bonds. The molecule has 0 saturated carbocycles. The van der Waals surface area contributed by atoms with E-state index >= 15 is 0 Å². The molecular formula is C24H22N4O3. The van der Waals surface area contributed by atoms with E-state index in [0.717, 1.165) is 15.8 Å². The quantitative estimate of drug-likeness (QED) is 0.485. The largest absolute Gasteiger partial charge is 0.354 e. The Morgan fingerprint density at radius 1 is 0.968 bits per heavy atom. The van der Waals surface area contributed by atoms with Gasteiger partial charge in [0.25, 0.3) is 5.56 Å². The SMILES string of the molecule is O=C(NCCc1ccccn1)[C@H](Cc1ccccc1)n1c(=O)[nH]c2ccccc2c1=O. The smallest absolute Gasteiger partial charge is 0.329 e. The molecule has 0 aliphatic rings. The summed E-state index contributed by atoms with van der Waals surface area (Å²) in [5.74, 6) is -0.386. The summed E-state index contributed by atoms with van der Waals surface area (Å²) in [4.78, 5) is 46.0. The number of pyridine rings is 1. The van der Waals surface area contributed by atoms with Crippen molar-refractivity contribution in [2.24, 2.45) is 0 Å². The zero-order chi connectivity index (χ0) is 21.6. The van der Waals surface area contributed by atoms with E-state index in [2.05, 4.69) is 15.3 Å². The maximum absolute atomic E-state index is 13.1. The molecule has 2 aromatic heterocycles. The zero-order valence-corrected chi connectivity index (χ0v) is 16.8. The number of para-hydroxylation sites is 1. The molecule has 7 nitrogen and oxygen atoms in total. The normalized spacial score (nSPS) is 11.9. The summed E-state index contributed by atoms with van der Waals surface area (Å²) < 4.78 is 1.02. The Bertz CT molecular complexity index is 1300. The summed E-state index contributed by atoms with van der Waals surface area (Å²) >= 11 is 0. The Labute approximate surface area is 178 Å². The van der Waals surface area contributed by atoms with Gasteiger partial charge in [-0.2, -0.15) is 0 Å². The van der Waals surface area contributed by atoms with Crippen LogP contribution in [-0.4, -0.2) is 27.0 Å². The van der Waals surface area contributed by atoms with Crippen molar-refractivity contribution >= 4 is 16.8 Å². The maximum Gasteiger partial charge on any atom is 0.329 e. The van der Waals surface area contributed by atoms with Crippen LogP contribution < -0.4 is 16.6 Å². The second kappa shape index (κ2) is 9.21. The molecular weight excluding hydrogens is 392 g/mol. The van der Waals surface area contributed by atoms with Crippen LogP contribution in [0, 0.1) is 0 Å². The van der Waals surface area contributed by atoms with Crippen LogP contribution in [0.3, 0.4) is 0 Å². The highest BCUT2D eigenvalue weighted by atomic mass is 16.2. The number of nitrogens with zero attached hydrogens (tertiary/aromatic N) is 2. The number of aromatic nitrogens is 3. The van der Waals surface area contributed by atoms with Crippen molar-refractivity contribution in [3.63, 3.8) is 0 Å². The van der Waals surface area contributed by atoms with Gasteiger partial charge in [0.15, 0.2) is 0 Å². The third-order valence-corrected chi connectivity index (χ3v) is 5.13. The van der Waals surface area contributed by atoms with E-state index in [1.54, 1.807) is 30.5 Å². The van der Waals surface area contributed by atoms with E-state index < -0.39 is 17.3 Å². The van der Waals surface area contributed by atoms with Gasteiger partial charge in [-0.3, -0.25) is 14.6 Å². The first-order valence-electron chi connectivity index (χ1n) is 10.1. The van der Waals surface area contributed by atoms with Crippen molar-refractivity contribution in [1.82, 2.24) is 19.9 Å². The van der Waals surface area contributed by atoms with E-state index in [1.807, 2.05) is 48.5 Å².